The summed E-state index contributed by atoms with van der Waals surface area (Å²) in [4.78, 5) is 25.0. The highest BCUT2D eigenvalue weighted by Gasteiger charge is 2.22. The SMILES string of the molecule is CCN1CCC(CNC(C)C(=O)NC(=O)NC)C1. The highest BCUT2D eigenvalue weighted by molar-refractivity contribution is 5.96. The molecule has 0 saturated carbocycles. The van der Waals surface area contributed by atoms with E-state index < -0.39 is 6.03 Å². The Hall–Kier alpha value is -1.14. The Balaban J connectivity index is 2.22. The number of nitrogens with one attached hydrogen (secondary N) is 3. The van der Waals surface area contributed by atoms with Crippen molar-refractivity contribution in [2.45, 2.75) is 26.3 Å². The highest BCUT2D eigenvalue weighted by Crippen LogP contribution is 2.14. The van der Waals surface area contributed by atoms with Gasteiger partial charge in [-0.3, -0.25) is 10.1 Å². The number of carbonyl (C=O) groups excluding carboxylic acids is 2. The third-order valence-corrected chi connectivity index (χ3v) is 3.39. The maximum atomic E-state index is 11.6. The van der Waals surface area contributed by atoms with E-state index in [4.69, 9.17) is 0 Å². The molecule has 0 aromatic heterocycles. The van der Waals surface area contributed by atoms with Crippen LogP contribution in [-0.4, -0.2) is 56.1 Å². The number of hydrogen-bond acceptors (Lipinski definition) is 4. The molecule has 2 atom stereocenters. The third-order valence-electron chi connectivity index (χ3n) is 3.39. The monoisotopic (exact) mass is 256 g/mol. The Kier molecular flexibility index (Phi) is 6.07. The van der Waals surface area contributed by atoms with E-state index >= 15 is 0 Å². The minimum atomic E-state index is -0.466. The lowest BCUT2D eigenvalue weighted by Gasteiger charge is -2.17. The summed E-state index contributed by atoms with van der Waals surface area (Å²) < 4.78 is 0. The van der Waals surface area contributed by atoms with E-state index in [1.54, 1.807) is 6.92 Å². The Morgan fingerprint density at radius 2 is 2.17 bits per heavy atom. The van der Waals surface area contributed by atoms with Gasteiger partial charge in [-0.2, -0.15) is 0 Å². The van der Waals surface area contributed by atoms with Gasteiger partial charge in [-0.05, 0) is 38.9 Å². The van der Waals surface area contributed by atoms with Crippen molar-refractivity contribution in [3.8, 4) is 0 Å². The van der Waals surface area contributed by atoms with Gasteiger partial charge in [0.2, 0.25) is 5.91 Å². The molecule has 1 heterocycles. The molecule has 0 spiro atoms. The van der Waals surface area contributed by atoms with Gasteiger partial charge in [-0.15, -0.1) is 0 Å². The van der Waals surface area contributed by atoms with Gasteiger partial charge in [-0.25, -0.2) is 4.79 Å². The summed E-state index contributed by atoms with van der Waals surface area (Å²) in [5.41, 5.74) is 0. The number of carbonyl (C=O) groups is 2. The van der Waals surface area contributed by atoms with Gasteiger partial charge >= 0.3 is 6.03 Å². The van der Waals surface area contributed by atoms with Crippen molar-refractivity contribution in [3.05, 3.63) is 0 Å². The molecule has 2 unspecified atom stereocenters. The van der Waals surface area contributed by atoms with Gasteiger partial charge in [0, 0.05) is 13.6 Å². The van der Waals surface area contributed by atoms with Crippen molar-refractivity contribution in [3.63, 3.8) is 0 Å². The van der Waals surface area contributed by atoms with Crippen molar-refractivity contribution < 1.29 is 9.59 Å². The fourth-order valence-electron chi connectivity index (χ4n) is 2.09. The first-order chi connectivity index (χ1) is 8.56. The minimum absolute atomic E-state index is 0.292. The van der Waals surface area contributed by atoms with E-state index in [-0.39, 0.29) is 11.9 Å². The van der Waals surface area contributed by atoms with Gasteiger partial charge in [0.05, 0.1) is 6.04 Å². The summed E-state index contributed by atoms with van der Waals surface area (Å²) >= 11 is 0. The molecule has 0 aromatic carbocycles. The summed E-state index contributed by atoms with van der Waals surface area (Å²) in [6.07, 6.45) is 1.17. The lowest BCUT2D eigenvalue weighted by Crippen LogP contribution is -2.48. The number of likely N-dealkylation sites (tertiary alicyclic amines) is 1. The second kappa shape index (κ2) is 7.33. The molecule has 1 fully saturated rings. The largest absolute Gasteiger partial charge is 0.341 e. The maximum Gasteiger partial charge on any atom is 0.321 e. The minimum Gasteiger partial charge on any atom is -0.341 e. The van der Waals surface area contributed by atoms with E-state index in [2.05, 4.69) is 27.8 Å². The molecule has 0 radical (unpaired) electrons. The Bertz CT molecular complexity index is 296. The van der Waals surface area contributed by atoms with Crippen molar-refractivity contribution in [2.75, 3.05) is 33.2 Å². The van der Waals surface area contributed by atoms with Gasteiger partial charge in [-0.1, -0.05) is 6.92 Å². The standard InChI is InChI=1S/C12H24N4O2/c1-4-16-6-5-10(8-16)7-14-9(2)11(17)15-12(18)13-3/h9-10,14H,4-8H2,1-3H3,(H2,13,15,17,18). The average Bonchev–Trinajstić information content (AvgIpc) is 2.83. The van der Waals surface area contributed by atoms with Crippen molar-refractivity contribution in [1.82, 2.24) is 20.9 Å². The van der Waals surface area contributed by atoms with Crippen molar-refractivity contribution >= 4 is 11.9 Å². The summed E-state index contributed by atoms with van der Waals surface area (Å²) in [7, 11) is 1.48. The van der Waals surface area contributed by atoms with Crippen LogP contribution in [0.25, 0.3) is 0 Å². The van der Waals surface area contributed by atoms with Crippen LogP contribution < -0.4 is 16.0 Å². The number of hydrogen-bond donors (Lipinski definition) is 3. The van der Waals surface area contributed by atoms with E-state index in [0.29, 0.717) is 5.92 Å². The fourth-order valence-corrected chi connectivity index (χ4v) is 2.09. The van der Waals surface area contributed by atoms with E-state index in [1.165, 1.54) is 13.5 Å². The zero-order valence-electron chi connectivity index (χ0n) is 11.5. The second-order valence-corrected chi connectivity index (χ2v) is 4.75. The molecule has 0 aliphatic carbocycles. The molecule has 6 heteroatoms. The van der Waals surface area contributed by atoms with Crippen LogP contribution in [0.4, 0.5) is 4.79 Å². The molecule has 18 heavy (non-hydrogen) atoms. The van der Waals surface area contributed by atoms with E-state index in [0.717, 1.165) is 26.2 Å². The molecular formula is C12H24N4O2. The normalized spacial score (nSPS) is 21.6. The van der Waals surface area contributed by atoms with Crippen LogP contribution in [0, 0.1) is 5.92 Å². The Labute approximate surface area is 108 Å². The highest BCUT2D eigenvalue weighted by atomic mass is 16.2. The number of imide groups is 1. The molecule has 3 amide bonds. The lowest BCUT2D eigenvalue weighted by atomic mass is 10.1. The van der Waals surface area contributed by atoms with Crippen LogP contribution >= 0.6 is 0 Å². The molecule has 6 nitrogen and oxygen atoms in total. The molecule has 1 aliphatic heterocycles. The van der Waals surface area contributed by atoms with Crippen LogP contribution in [0.1, 0.15) is 20.3 Å². The Morgan fingerprint density at radius 3 is 2.72 bits per heavy atom. The van der Waals surface area contributed by atoms with E-state index in [9.17, 15) is 9.59 Å². The topological polar surface area (TPSA) is 73.5 Å². The summed E-state index contributed by atoms with van der Waals surface area (Å²) in [6, 6.07) is -0.815. The quantitative estimate of drug-likeness (QED) is 0.635. The summed E-state index contributed by atoms with van der Waals surface area (Å²) in [5.74, 6) is 0.305. The first-order valence-electron chi connectivity index (χ1n) is 6.55. The van der Waals surface area contributed by atoms with E-state index in [1.807, 2.05) is 0 Å². The zero-order valence-corrected chi connectivity index (χ0v) is 11.5. The van der Waals surface area contributed by atoms with Gasteiger partial charge in [0.15, 0.2) is 0 Å². The molecule has 1 saturated heterocycles. The zero-order chi connectivity index (χ0) is 13.5. The van der Waals surface area contributed by atoms with Crippen LogP contribution in [0.3, 0.4) is 0 Å². The van der Waals surface area contributed by atoms with Crippen LogP contribution in [0.5, 0.6) is 0 Å². The summed E-state index contributed by atoms with van der Waals surface area (Å²) in [6.45, 7) is 8.07. The van der Waals surface area contributed by atoms with Gasteiger partial charge < -0.3 is 15.5 Å². The second-order valence-electron chi connectivity index (χ2n) is 4.75. The molecule has 0 aromatic rings. The number of amides is 3. The lowest BCUT2D eigenvalue weighted by molar-refractivity contribution is -0.121. The molecule has 104 valence electrons. The summed E-state index contributed by atoms with van der Waals surface area (Å²) in [5, 5.41) is 7.80. The average molecular weight is 256 g/mol. The predicted molar refractivity (Wildman–Crippen MR) is 70.3 cm³/mol. The van der Waals surface area contributed by atoms with Gasteiger partial charge in [0.25, 0.3) is 0 Å². The molecule has 0 bridgehead atoms. The van der Waals surface area contributed by atoms with Crippen LogP contribution in [-0.2, 0) is 4.79 Å². The van der Waals surface area contributed by atoms with Crippen LogP contribution in [0.2, 0.25) is 0 Å². The molecule has 1 aliphatic rings. The molecule has 3 N–H and O–H groups in total. The Morgan fingerprint density at radius 1 is 1.44 bits per heavy atom. The number of urea groups is 1. The van der Waals surface area contributed by atoms with Crippen LogP contribution in [0.15, 0.2) is 0 Å². The smallest absolute Gasteiger partial charge is 0.321 e. The fraction of sp³-hybridized carbons (Fsp3) is 0.833. The first kappa shape index (κ1) is 14.9. The molecular weight excluding hydrogens is 232 g/mol. The predicted octanol–water partition coefficient (Wildman–Crippen LogP) is -0.238. The number of nitrogens with zero attached hydrogens (tertiary/aromatic N) is 1. The van der Waals surface area contributed by atoms with Crippen molar-refractivity contribution in [2.24, 2.45) is 5.92 Å². The first-order valence-corrected chi connectivity index (χ1v) is 6.55. The number of rotatable bonds is 5. The van der Waals surface area contributed by atoms with Crippen molar-refractivity contribution in [1.29, 1.82) is 0 Å². The van der Waals surface area contributed by atoms with Gasteiger partial charge in [0.1, 0.15) is 0 Å². The third kappa shape index (κ3) is 4.62. The maximum absolute atomic E-state index is 11.6. The molecule has 1 rings (SSSR count).